The van der Waals surface area contributed by atoms with Gasteiger partial charge in [-0.15, -0.1) is 0 Å². The summed E-state index contributed by atoms with van der Waals surface area (Å²) in [6.45, 7) is 7.88. The molecule has 1 fully saturated rings. The number of hydrogen-bond acceptors (Lipinski definition) is 3. The van der Waals surface area contributed by atoms with Gasteiger partial charge in [-0.1, -0.05) is 59.7 Å². The Labute approximate surface area is 173 Å². The molecule has 0 spiro atoms. The van der Waals surface area contributed by atoms with E-state index in [2.05, 4.69) is 72.6 Å². The molecule has 3 nitrogen and oxygen atoms in total. The number of hydrogen-bond donors (Lipinski definition) is 1. The summed E-state index contributed by atoms with van der Waals surface area (Å²) in [7, 11) is 0. The van der Waals surface area contributed by atoms with E-state index in [0.717, 1.165) is 50.5 Å². The van der Waals surface area contributed by atoms with E-state index in [9.17, 15) is 4.79 Å². The molecule has 0 saturated carbocycles. The highest BCUT2D eigenvalue weighted by Crippen LogP contribution is 2.19. The van der Waals surface area contributed by atoms with Crippen LogP contribution in [0, 0.1) is 19.8 Å². The van der Waals surface area contributed by atoms with E-state index in [1.807, 2.05) is 11.8 Å². The zero-order chi connectivity index (χ0) is 19.8. The Kier molecular flexibility index (Phi) is 7.99. The van der Waals surface area contributed by atoms with Crippen molar-refractivity contribution in [3.8, 4) is 0 Å². The van der Waals surface area contributed by atoms with Crippen molar-refractivity contribution in [2.45, 2.75) is 39.0 Å². The fourth-order valence-corrected chi connectivity index (χ4v) is 4.45. The third-order valence-electron chi connectivity index (χ3n) is 5.34. The molecule has 1 atom stereocenters. The normalized spacial score (nSPS) is 17.4. The summed E-state index contributed by atoms with van der Waals surface area (Å²) in [5.41, 5.74) is 5.27. The van der Waals surface area contributed by atoms with Gasteiger partial charge in [-0.05, 0) is 44.4 Å². The largest absolute Gasteiger partial charge is 0.355 e. The number of amides is 1. The molecule has 1 saturated heterocycles. The summed E-state index contributed by atoms with van der Waals surface area (Å²) in [6.07, 6.45) is 2.11. The van der Waals surface area contributed by atoms with Gasteiger partial charge in [-0.2, -0.15) is 11.8 Å². The molecule has 0 aromatic heterocycles. The van der Waals surface area contributed by atoms with Gasteiger partial charge in [0, 0.05) is 31.1 Å². The first kappa shape index (κ1) is 20.9. The molecule has 1 aliphatic heterocycles. The van der Waals surface area contributed by atoms with Crippen LogP contribution in [0.4, 0.5) is 0 Å². The van der Waals surface area contributed by atoms with Crippen LogP contribution in [0.1, 0.15) is 35.1 Å². The van der Waals surface area contributed by atoms with Gasteiger partial charge in [0.2, 0.25) is 5.91 Å². The van der Waals surface area contributed by atoms with Crippen LogP contribution in [0.3, 0.4) is 0 Å². The summed E-state index contributed by atoms with van der Waals surface area (Å²) >= 11 is 1.88. The maximum absolute atomic E-state index is 12.6. The lowest BCUT2D eigenvalue weighted by atomic mass is 9.96. The van der Waals surface area contributed by atoms with Gasteiger partial charge in [-0.25, -0.2) is 0 Å². The van der Waals surface area contributed by atoms with E-state index in [-0.39, 0.29) is 11.8 Å². The first-order valence-electron chi connectivity index (χ1n) is 10.3. The Morgan fingerprint density at radius 1 is 1.04 bits per heavy atom. The number of nitrogens with one attached hydrogen (secondary N) is 1. The number of thioether (sulfide) groups is 1. The van der Waals surface area contributed by atoms with Gasteiger partial charge in [-0.3, -0.25) is 9.69 Å². The number of benzene rings is 2. The highest BCUT2D eigenvalue weighted by atomic mass is 32.2. The minimum absolute atomic E-state index is 0.126. The number of carbonyl (C=O) groups is 1. The lowest BCUT2D eigenvalue weighted by Gasteiger charge is -2.32. The van der Waals surface area contributed by atoms with E-state index in [0.29, 0.717) is 0 Å². The van der Waals surface area contributed by atoms with E-state index in [4.69, 9.17) is 0 Å². The Morgan fingerprint density at radius 2 is 1.68 bits per heavy atom. The zero-order valence-electron chi connectivity index (χ0n) is 17.1. The van der Waals surface area contributed by atoms with Crippen molar-refractivity contribution in [1.29, 1.82) is 0 Å². The molecule has 1 aliphatic rings. The molecule has 1 heterocycles. The standard InChI is InChI=1S/C24H32N2OS/c1-19-5-9-21(10-6-19)16-26-14-3-4-23(17-26)24(27)25-13-15-28-18-22-11-7-20(2)8-12-22/h5-12,23H,3-4,13-18H2,1-2H3,(H,25,27). The van der Waals surface area contributed by atoms with Crippen LogP contribution in [0.15, 0.2) is 48.5 Å². The SMILES string of the molecule is Cc1ccc(CSCCNC(=O)C2CCCN(Cc3ccc(C)cc3)C2)cc1. The van der Waals surface area contributed by atoms with Crippen molar-refractivity contribution in [2.75, 3.05) is 25.4 Å². The minimum atomic E-state index is 0.126. The van der Waals surface area contributed by atoms with Crippen LogP contribution in [0.2, 0.25) is 0 Å². The predicted octanol–water partition coefficient (Wildman–Crippen LogP) is 4.57. The van der Waals surface area contributed by atoms with Crippen LogP contribution in [-0.4, -0.2) is 36.2 Å². The van der Waals surface area contributed by atoms with Gasteiger partial charge in [0.05, 0.1) is 5.92 Å². The highest BCUT2D eigenvalue weighted by molar-refractivity contribution is 7.98. The monoisotopic (exact) mass is 396 g/mol. The third kappa shape index (κ3) is 6.68. The number of likely N-dealkylation sites (tertiary alicyclic amines) is 1. The Morgan fingerprint density at radius 3 is 2.36 bits per heavy atom. The number of aryl methyl sites for hydroxylation is 2. The van der Waals surface area contributed by atoms with Crippen molar-refractivity contribution < 1.29 is 4.79 Å². The first-order chi connectivity index (χ1) is 13.6. The number of carbonyl (C=O) groups excluding carboxylic acids is 1. The van der Waals surface area contributed by atoms with Crippen molar-refractivity contribution in [1.82, 2.24) is 10.2 Å². The summed E-state index contributed by atoms with van der Waals surface area (Å²) in [5.74, 6) is 2.31. The maximum Gasteiger partial charge on any atom is 0.224 e. The second kappa shape index (κ2) is 10.7. The summed E-state index contributed by atoms with van der Waals surface area (Å²) in [4.78, 5) is 15.0. The molecule has 0 bridgehead atoms. The van der Waals surface area contributed by atoms with E-state index in [1.54, 1.807) is 0 Å². The number of piperidine rings is 1. The van der Waals surface area contributed by atoms with E-state index >= 15 is 0 Å². The average molecular weight is 397 g/mol. The first-order valence-corrected chi connectivity index (χ1v) is 11.4. The fourth-order valence-electron chi connectivity index (χ4n) is 3.63. The molecule has 1 amide bonds. The van der Waals surface area contributed by atoms with Crippen molar-refractivity contribution in [2.24, 2.45) is 5.92 Å². The van der Waals surface area contributed by atoms with Gasteiger partial charge < -0.3 is 5.32 Å². The molecule has 1 N–H and O–H groups in total. The Balaban J connectivity index is 1.35. The van der Waals surface area contributed by atoms with Crippen molar-refractivity contribution >= 4 is 17.7 Å². The summed E-state index contributed by atoms with van der Waals surface area (Å²) < 4.78 is 0. The van der Waals surface area contributed by atoms with Crippen molar-refractivity contribution in [3.05, 3.63) is 70.8 Å². The minimum Gasteiger partial charge on any atom is -0.355 e. The predicted molar refractivity (Wildman–Crippen MR) is 120 cm³/mol. The van der Waals surface area contributed by atoms with E-state index in [1.165, 1.54) is 22.3 Å². The maximum atomic E-state index is 12.6. The molecule has 150 valence electrons. The topological polar surface area (TPSA) is 32.3 Å². The smallest absolute Gasteiger partial charge is 0.224 e. The molecule has 0 aliphatic carbocycles. The molecule has 1 unspecified atom stereocenters. The summed E-state index contributed by atoms with van der Waals surface area (Å²) in [6, 6.07) is 17.4. The number of nitrogens with zero attached hydrogens (tertiary/aromatic N) is 1. The van der Waals surface area contributed by atoms with Crippen LogP contribution in [0.25, 0.3) is 0 Å². The molecule has 4 heteroatoms. The highest BCUT2D eigenvalue weighted by Gasteiger charge is 2.25. The van der Waals surface area contributed by atoms with Crippen LogP contribution < -0.4 is 5.32 Å². The fraction of sp³-hybridized carbons (Fsp3) is 0.458. The van der Waals surface area contributed by atoms with Gasteiger partial charge in [0.1, 0.15) is 0 Å². The van der Waals surface area contributed by atoms with Gasteiger partial charge in [0.15, 0.2) is 0 Å². The second-order valence-corrected chi connectivity index (χ2v) is 8.99. The second-order valence-electron chi connectivity index (χ2n) is 7.89. The molecule has 0 radical (unpaired) electrons. The molecular formula is C24H32N2OS. The van der Waals surface area contributed by atoms with E-state index < -0.39 is 0 Å². The molecule has 28 heavy (non-hydrogen) atoms. The van der Waals surface area contributed by atoms with Gasteiger partial charge in [0.25, 0.3) is 0 Å². The molecule has 2 aromatic rings. The average Bonchev–Trinajstić information content (AvgIpc) is 2.71. The molecular weight excluding hydrogens is 364 g/mol. The quantitative estimate of drug-likeness (QED) is 0.664. The third-order valence-corrected chi connectivity index (χ3v) is 6.37. The van der Waals surface area contributed by atoms with Crippen LogP contribution in [-0.2, 0) is 17.1 Å². The van der Waals surface area contributed by atoms with Crippen LogP contribution >= 0.6 is 11.8 Å². The Bertz CT molecular complexity index is 742. The zero-order valence-corrected chi connectivity index (χ0v) is 17.9. The van der Waals surface area contributed by atoms with Crippen LogP contribution in [0.5, 0.6) is 0 Å². The summed E-state index contributed by atoms with van der Waals surface area (Å²) in [5, 5.41) is 3.15. The number of rotatable bonds is 8. The van der Waals surface area contributed by atoms with Gasteiger partial charge >= 0.3 is 0 Å². The Hall–Kier alpha value is -1.78. The van der Waals surface area contributed by atoms with Crippen molar-refractivity contribution in [3.63, 3.8) is 0 Å². The molecule has 3 rings (SSSR count). The molecule has 2 aromatic carbocycles. The lowest BCUT2D eigenvalue weighted by Crippen LogP contribution is -2.43. The lowest BCUT2D eigenvalue weighted by molar-refractivity contribution is -0.126.